The fourth-order valence-corrected chi connectivity index (χ4v) is 5.98. The zero-order valence-electron chi connectivity index (χ0n) is 23.2. The summed E-state index contributed by atoms with van der Waals surface area (Å²) in [6, 6.07) is 18.0. The first-order valence-electron chi connectivity index (χ1n) is 14.6. The normalized spacial score (nSPS) is 14.6. The Bertz CT molecular complexity index is 1290. The van der Waals surface area contributed by atoms with Gasteiger partial charge < -0.3 is 9.97 Å². The van der Waals surface area contributed by atoms with Crippen molar-refractivity contribution in [2.75, 3.05) is 0 Å². The Balaban J connectivity index is 1.32. The van der Waals surface area contributed by atoms with Crippen LogP contribution in [-0.4, -0.2) is 15.0 Å². The number of unbranched alkanes of at least 4 members (excludes halogenated alkanes) is 2. The van der Waals surface area contributed by atoms with Crippen molar-refractivity contribution < 1.29 is 0 Å². The zero-order chi connectivity index (χ0) is 25.8. The van der Waals surface area contributed by atoms with Gasteiger partial charge in [-0.3, -0.25) is 0 Å². The summed E-state index contributed by atoms with van der Waals surface area (Å²) in [6.07, 6.45) is 13.2. The summed E-state index contributed by atoms with van der Waals surface area (Å²) < 4.78 is 0. The zero-order valence-corrected chi connectivity index (χ0v) is 23.2. The van der Waals surface area contributed by atoms with Gasteiger partial charge in [-0.15, -0.1) is 0 Å². The monoisotopic (exact) mass is 493 g/mol. The van der Waals surface area contributed by atoms with E-state index in [0.29, 0.717) is 11.8 Å². The van der Waals surface area contributed by atoms with Crippen molar-refractivity contribution in [1.82, 2.24) is 15.0 Å². The summed E-state index contributed by atoms with van der Waals surface area (Å²) in [4.78, 5) is 12.1. The van der Waals surface area contributed by atoms with E-state index in [1.54, 1.807) is 11.1 Å². The molecule has 2 N–H and O–H groups in total. The van der Waals surface area contributed by atoms with Crippen molar-refractivity contribution in [1.29, 1.82) is 0 Å². The van der Waals surface area contributed by atoms with Gasteiger partial charge in [-0.25, -0.2) is 4.98 Å². The quantitative estimate of drug-likeness (QED) is 0.214. The lowest BCUT2D eigenvalue weighted by Gasteiger charge is -2.11. The van der Waals surface area contributed by atoms with Crippen molar-refractivity contribution in [3.05, 3.63) is 77.4 Å². The minimum absolute atomic E-state index is 0.475. The summed E-state index contributed by atoms with van der Waals surface area (Å²) in [5.41, 5.74) is 12.1. The molecule has 37 heavy (non-hydrogen) atoms. The molecule has 0 saturated heterocycles. The van der Waals surface area contributed by atoms with E-state index in [-0.39, 0.29) is 0 Å². The average molecular weight is 494 g/mol. The molecule has 0 amide bonds. The lowest BCUT2D eigenvalue weighted by molar-refractivity contribution is 0.601. The van der Waals surface area contributed by atoms with Crippen LogP contribution in [0, 0.1) is 0 Å². The first kappa shape index (κ1) is 25.6. The number of hydrogen-bond acceptors (Lipinski definition) is 1. The van der Waals surface area contributed by atoms with Crippen LogP contribution in [0.25, 0.3) is 33.6 Å². The highest BCUT2D eigenvalue weighted by Crippen LogP contribution is 2.39. The molecular weight excluding hydrogens is 450 g/mol. The Labute approximate surface area is 223 Å². The predicted octanol–water partition coefficient (Wildman–Crippen LogP) is 9.81. The van der Waals surface area contributed by atoms with E-state index in [1.807, 2.05) is 6.20 Å². The van der Waals surface area contributed by atoms with E-state index < -0.39 is 0 Å². The number of imidazole rings is 1. The van der Waals surface area contributed by atoms with Crippen molar-refractivity contribution in [3.63, 3.8) is 0 Å². The molecule has 0 aliphatic heterocycles. The van der Waals surface area contributed by atoms with Crippen LogP contribution in [0.5, 0.6) is 0 Å². The summed E-state index contributed by atoms with van der Waals surface area (Å²) in [5, 5.41) is 0. The van der Waals surface area contributed by atoms with Crippen molar-refractivity contribution in [3.8, 4) is 33.6 Å². The highest BCUT2D eigenvalue weighted by atomic mass is 14.9. The highest BCUT2D eigenvalue weighted by Gasteiger charge is 2.25. The van der Waals surface area contributed by atoms with Crippen LogP contribution in [-0.2, 0) is 12.8 Å². The summed E-state index contributed by atoms with van der Waals surface area (Å²) in [7, 11) is 0. The molecule has 2 aromatic carbocycles. The van der Waals surface area contributed by atoms with Crippen LogP contribution < -0.4 is 0 Å². The topological polar surface area (TPSA) is 44.5 Å². The van der Waals surface area contributed by atoms with Crippen molar-refractivity contribution in [2.45, 2.75) is 97.3 Å². The Morgan fingerprint density at radius 3 is 1.92 bits per heavy atom. The van der Waals surface area contributed by atoms with Gasteiger partial charge in [0.25, 0.3) is 0 Å². The average Bonchev–Trinajstić information content (AvgIpc) is 3.68. The number of hydrogen-bond donors (Lipinski definition) is 2. The van der Waals surface area contributed by atoms with Gasteiger partial charge in [0.15, 0.2) is 0 Å². The molecule has 3 heteroatoms. The first-order valence-corrected chi connectivity index (χ1v) is 14.6. The number of H-pyrrole nitrogens is 2. The van der Waals surface area contributed by atoms with E-state index in [4.69, 9.17) is 0 Å². The molecule has 2 heterocycles. The maximum absolute atomic E-state index is 4.66. The molecule has 0 fully saturated rings. The van der Waals surface area contributed by atoms with Gasteiger partial charge in [0, 0.05) is 17.3 Å². The highest BCUT2D eigenvalue weighted by molar-refractivity contribution is 5.74. The third kappa shape index (κ3) is 5.46. The third-order valence-electron chi connectivity index (χ3n) is 8.34. The maximum atomic E-state index is 4.66. The van der Waals surface area contributed by atoms with Crippen LogP contribution in [0.1, 0.15) is 107 Å². The van der Waals surface area contributed by atoms with E-state index in [0.717, 1.165) is 11.5 Å². The van der Waals surface area contributed by atoms with Crippen LogP contribution in [0.2, 0.25) is 0 Å². The van der Waals surface area contributed by atoms with E-state index in [9.17, 15) is 0 Å². The van der Waals surface area contributed by atoms with Crippen LogP contribution >= 0.6 is 0 Å². The molecule has 194 valence electrons. The second-order valence-electron chi connectivity index (χ2n) is 11.1. The van der Waals surface area contributed by atoms with Crippen LogP contribution in [0.4, 0.5) is 0 Å². The van der Waals surface area contributed by atoms with E-state index >= 15 is 0 Å². The summed E-state index contributed by atoms with van der Waals surface area (Å²) in [6.45, 7) is 9.19. The number of aromatic nitrogens is 3. The fraction of sp³-hybridized carbons (Fsp3) is 0.441. The number of rotatable bonds is 11. The number of fused-ring (bicyclic) bond motifs is 1. The Kier molecular flexibility index (Phi) is 7.98. The summed E-state index contributed by atoms with van der Waals surface area (Å²) >= 11 is 0. The largest absolute Gasteiger partial charge is 0.358 e. The molecule has 1 aliphatic carbocycles. The van der Waals surface area contributed by atoms with Crippen molar-refractivity contribution in [2.24, 2.45) is 0 Å². The van der Waals surface area contributed by atoms with Gasteiger partial charge in [-0.1, -0.05) is 102 Å². The van der Waals surface area contributed by atoms with Gasteiger partial charge >= 0.3 is 0 Å². The second-order valence-corrected chi connectivity index (χ2v) is 11.1. The predicted molar refractivity (Wildman–Crippen MR) is 157 cm³/mol. The molecule has 4 aromatic rings. The second kappa shape index (κ2) is 11.5. The fourth-order valence-electron chi connectivity index (χ4n) is 5.98. The number of aromatic amines is 2. The molecule has 0 unspecified atom stereocenters. The Morgan fingerprint density at radius 2 is 1.27 bits per heavy atom. The Morgan fingerprint density at radius 1 is 0.703 bits per heavy atom. The number of nitrogens with zero attached hydrogens (tertiary/aromatic N) is 1. The molecule has 3 nitrogen and oxygen atoms in total. The standard InChI is InChI=1S/C34H43N3/c1-5-7-10-23(3)32-29-12-9-13-30(29)33(37-32)28-20-16-26(17-21-28)25-14-18-27(19-15-25)31-22-35-34(36-31)24(4)11-8-6-2/h14-24,37H,5-13H2,1-4H3,(H,35,36)/t23-,24-/m0/s1. The minimum Gasteiger partial charge on any atom is -0.358 e. The van der Waals surface area contributed by atoms with Gasteiger partial charge in [0.05, 0.1) is 11.9 Å². The molecular formula is C34H43N3. The lowest BCUT2D eigenvalue weighted by atomic mass is 9.96. The Hall–Kier alpha value is -3.07. The molecule has 0 saturated carbocycles. The van der Waals surface area contributed by atoms with E-state index in [1.165, 1.54) is 91.4 Å². The molecule has 0 radical (unpaired) electrons. The number of nitrogens with one attached hydrogen (secondary N) is 2. The van der Waals surface area contributed by atoms with Gasteiger partial charge in [-0.05, 0) is 71.4 Å². The van der Waals surface area contributed by atoms with Crippen molar-refractivity contribution >= 4 is 0 Å². The molecule has 0 spiro atoms. The third-order valence-corrected chi connectivity index (χ3v) is 8.34. The van der Waals surface area contributed by atoms with Gasteiger partial charge in [0.2, 0.25) is 0 Å². The maximum Gasteiger partial charge on any atom is 0.109 e. The molecule has 2 aromatic heterocycles. The number of benzene rings is 2. The molecule has 0 bridgehead atoms. The molecule has 1 aliphatic rings. The lowest BCUT2D eigenvalue weighted by Crippen LogP contribution is -1.98. The first-order chi connectivity index (χ1) is 18.1. The van der Waals surface area contributed by atoms with Gasteiger partial charge in [-0.2, -0.15) is 0 Å². The smallest absolute Gasteiger partial charge is 0.109 e. The van der Waals surface area contributed by atoms with Crippen LogP contribution in [0.3, 0.4) is 0 Å². The molecule has 5 rings (SSSR count). The molecule has 2 atom stereocenters. The minimum atomic E-state index is 0.475. The summed E-state index contributed by atoms with van der Waals surface area (Å²) in [5.74, 6) is 2.19. The van der Waals surface area contributed by atoms with Crippen LogP contribution in [0.15, 0.2) is 54.7 Å². The van der Waals surface area contributed by atoms with E-state index in [2.05, 4.69) is 91.2 Å². The van der Waals surface area contributed by atoms with Gasteiger partial charge in [0.1, 0.15) is 5.82 Å². The SMILES string of the molecule is CCCC[C@H](C)c1ncc(-c2ccc(-c3ccc(-c4[nH]c([C@@H](C)CCCC)c5c4CCC5)cc3)cc2)[nH]1.